The van der Waals surface area contributed by atoms with Gasteiger partial charge in [-0.25, -0.2) is 9.37 Å². The highest BCUT2D eigenvalue weighted by atomic mass is 32.2. The first-order valence-electron chi connectivity index (χ1n) is 10.6. The number of aromatic nitrogens is 2. The number of hydrogen-bond donors (Lipinski definition) is 1. The third-order valence-electron chi connectivity index (χ3n) is 5.35. The lowest BCUT2D eigenvalue weighted by atomic mass is 10.1. The molecule has 6 nitrogen and oxygen atoms in total. The lowest BCUT2D eigenvalue weighted by molar-refractivity contribution is -0.113. The number of nitrogens with one attached hydrogen (secondary N) is 1. The topological polar surface area (TPSA) is 77.1 Å². The van der Waals surface area contributed by atoms with Crippen LogP contribution < -0.4 is 10.9 Å². The van der Waals surface area contributed by atoms with Crippen molar-refractivity contribution < 1.29 is 13.6 Å². The van der Waals surface area contributed by atoms with E-state index in [2.05, 4.69) is 5.32 Å². The van der Waals surface area contributed by atoms with Gasteiger partial charge >= 0.3 is 0 Å². The second kappa shape index (κ2) is 9.15. The Morgan fingerprint density at radius 3 is 2.68 bits per heavy atom. The molecule has 8 heteroatoms. The van der Waals surface area contributed by atoms with Crippen LogP contribution in [0.25, 0.3) is 22.1 Å². The predicted octanol–water partition coefficient (Wildman–Crippen LogP) is 5.37. The Morgan fingerprint density at radius 2 is 1.88 bits per heavy atom. The van der Waals surface area contributed by atoms with Gasteiger partial charge in [-0.15, -0.1) is 0 Å². The van der Waals surface area contributed by atoms with E-state index in [1.165, 1.54) is 22.8 Å². The Labute approximate surface area is 198 Å². The number of benzene rings is 3. The van der Waals surface area contributed by atoms with Crippen molar-refractivity contribution in [3.63, 3.8) is 0 Å². The summed E-state index contributed by atoms with van der Waals surface area (Å²) in [5.74, 6) is -0.766. The maximum Gasteiger partial charge on any atom is 0.298 e. The third-order valence-corrected chi connectivity index (χ3v) is 6.33. The summed E-state index contributed by atoms with van der Waals surface area (Å²) >= 11 is 1.15. The van der Waals surface area contributed by atoms with E-state index in [-0.39, 0.29) is 29.3 Å². The number of rotatable bonds is 6. The molecule has 0 saturated heterocycles. The Bertz CT molecular complexity index is 1570. The van der Waals surface area contributed by atoms with Crippen LogP contribution in [0.1, 0.15) is 11.1 Å². The number of aryl methyl sites for hydroxylation is 1. The lowest BCUT2D eigenvalue weighted by Gasteiger charge is -2.12. The molecule has 0 aliphatic rings. The number of halogens is 1. The van der Waals surface area contributed by atoms with Crippen LogP contribution in [-0.4, -0.2) is 21.2 Å². The fraction of sp³-hybridized carbons (Fsp3) is 0.115. The fourth-order valence-corrected chi connectivity index (χ4v) is 4.46. The molecule has 0 aliphatic carbocycles. The quantitative estimate of drug-likeness (QED) is 0.265. The second-order valence-corrected chi connectivity index (χ2v) is 8.84. The molecule has 2 heterocycles. The molecule has 0 unspecified atom stereocenters. The van der Waals surface area contributed by atoms with E-state index in [9.17, 15) is 14.0 Å². The van der Waals surface area contributed by atoms with Crippen LogP contribution in [0.4, 0.5) is 10.1 Å². The molecule has 34 heavy (non-hydrogen) atoms. The number of fused-ring (bicyclic) bond motifs is 3. The van der Waals surface area contributed by atoms with Gasteiger partial charge in [-0.2, -0.15) is 0 Å². The number of furan rings is 1. The highest BCUT2D eigenvalue weighted by molar-refractivity contribution is 7.99. The van der Waals surface area contributed by atoms with Gasteiger partial charge in [0.05, 0.1) is 12.3 Å². The second-order valence-electron chi connectivity index (χ2n) is 7.89. The van der Waals surface area contributed by atoms with Crippen molar-refractivity contribution in [3.8, 4) is 0 Å². The number of carbonyl (C=O) groups excluding carboxylic acids is 1. The van der Waals surface area contributed by atoms with Gasteiger partial charge in [0.25, 0.3) is 5.56 Å². The molecule has 170 valence electrons. The van der Waals surface area contributed by atoms with Gasteiger partial charge in [0.1, 0.15) is 16.9 Å². The number of hydrogen-bond acceptors (Lipinski definition) is 5. The average Bonchev–Trinajstić information content (AvgIpc) is 3.20. The van der Waals surface area contributed by atoms with Crippen LogP contribution in [0.2, 0.25) is 0 Å². The first-order chi connectivity index (χ1) is 16.5. The van der Waals surface area contributed by atoms with E-state index in [1.807, 2.05) is 49.4 Å². The van der Waals surface area contributed by atoms with E-state index in [1.54, 1.807) is 12.1 Å². The number of nitrogens with zero attached hydrogens (tertiary/aromatic N) is 2. The Morgan fingerprint density at radius 1 is 1.09 bits per heavy atom. The standard InChI is InChI=1S/C26H20FN3O3S/c1-16-9-11-17(12-10-16)14-30-25(32)24-23(20-7-2-3-8-21(20)33-24)29-26(30)34-15-22(31)28-19-6-4-5-18(27)13-19/h2-13H,14-15H2,1H3,(H,28,31). The van der Waals surface area contributed by atoms with Crippen molar-refractivity contribution in [2.45, 2.75) is 18.6 Å². The first-order valence-corrected chi connectivity index (χ1v) is 11.6. The molecule has 0 spiro atoms. The molecule has 0 bridgehead atoms. The van der Waals surface area contributed by atoms with E-state index < -0.39 is 5.82 Å². The van der Waals surface area contributed by atoms with Crippen LogP contribution in [0.3, 0.4) is 0 Å². The van der Waals surface area contributed by atoms with Gasteiger partial charge in [-0.05, 0) is 42.8 Å². The summed E-state index contributed by atoms with van der Waals surface area (Å²) in [5, 5.41) is 3.81. The summed E-state index contributed by atoms with van der Waals surface area (Å²) < 4.78 is 20.8. The third kappa shape index (κ3) is 4.45. The minimum atomic E-state index is -0.434. The van der Waals surface area contributed by atoms with Crippen molar-refractivity contribution in [2.24, 2.45) is 0 Å². The summed E-state index contributed by atoms with van der Waals surface area (Å²) in [4.78, 5) is 30.7. The monoisotopic (exact) mass is 473 g/mol. The smallest absolute Gasteiger partial charge is 0.298 e. The SMILES string of the molecule is Cc1ccc(Cn2c(SCC(=O)Nc3cccc(F)c3)nc3c(oc4ccccc43)c2=O)cc1. The van der Waals surface area contributed by atoms with Gasteiger partial charge in [-0.3, -0.25) is 14.2 Å². The van der Waals surface area contributed by atoms with Crippen molar-refractivity contribution in [1.29, 1.82) is 0 Å². The molecule has 0 atom stereocenters. The van der Waals surface area contributed by atoms with Crippen molar-refractivity contribution in [1.82, 2.24) is 9.55 Å². The van der Waals surface area contributed by atoms with Crippen LogP contribution in [-0.2, 0) is 11.3 Å². The maximum atomic E-state index is 13.4. The molecule has 2 aromatic heterocycles. The molecule has 1 amide bonds. The van der Waals surface area contributed by atoms with E-state index in [0.29, 0.717) is 21.9 Å². The number of carbonyl (C=O) groups is 1. The van der Waals surface area contributed by atoms with E-state index >= 15 is 0 Å². The summed E-state index contributed by atoms with van der Waals surface area (Å²) in [5.41, 5.74) is 3.33. The number of amides is 1. The fourth-order valence-electron chi connectivity index (χ4n) is 3.67. The molecule has 0 aliphatic heterocycles. The molecule has 3 aromatic carbocycles. The summed E-state index contributed by atoms with van der Waals surface area (Å²) in [6.45, 7) is 2.28. The van der Waals surface area contributed by atoms with Crippen LogP contribution in [0.5, 0.6) is 0 Å². The lowest BCUT2D eigenvalue weighted by Crippen LogP contribution is -2.24. The van der Waals surface area contributed by atoms with Crippen LogP contribution >= 0.6 is 11.8 Å². The maximum absolute atomic E-state index is 13.4. The molecule has 5 rings (SSSR count). The molecular weight excluding hydrogens is 453 g/mol. The molecular formula is C26H20FN3O3S. The zero-order valence-electron chi connectivity index (χ0n) is 18.2. The normalized spacial score (nSPS) is 11.2. The van der Waals surface area contributed by atoms with Crippen molar-refractivity contribution in [3.05, 3.63) is 100 Å². The summed E-state index contributed by atoms with van der Waals surface area (Å²) in [6, 6.07) is 20.9. The Balaban J connectivity index is 1.51. The summed E-state index contributed by atoms with van der Waals surface area (Å²) in [6.07, 6.45) is 0. The molecule has 0 radical (unpaired) electrons. The highest BCUT2D eigenvalue weighted by Crippen LogP contribution is 2.27. The van der Waals surface area contributed by atoms with Crippen LogP contribution in [0, 0.1) is 12.7 Å². The minimum Gasteiger partial charge on any atom is -0.448 e. The van der Waals surface area contributed by atoms with Crippen molar-refractivity contribution >= 4 is 45.4 Å². The number of anilines is 1. The Kier molecular flexibility index (Phi) is 5.90. The summed E-state index contributed by atoms with van der Waals surface area (Å²) in [7, 11) is 0. The van der Waals surface area contributed by atoms with Crippen molar-refractivity contribution in [2.75, 3.05) is 11.1 Å². The highest BCUT2D eigenvalue weighted by Gasteiger charge is 2.19. The van der Waals surface area contributed by atoms with Gasteiger partial charge in [0.2, 0.25) is 11.5 Å². The predicted molar refractivity (Wildman–Crippen MR) is 132 cm³/mol. The van der Waals surface area contributed by atoms with E-state index in [4.69, 9.17) is 9.40 Å². The van der Waals surface area contributed by atoms with E-state index in [0.717, 1.165) is 28.3 Å². The van der Waals surface area contributed by atoms with Gasteiger partial charge in [0, 0.05) is 11.1 Å². The number of para-hydroxylation sites is 1. The average molecular weight is 474 g/mol. The number of thioether (sulfide) groups is 1. The van der Waals surface area contributed by atoms with Gasteiger partial charge < -0.3 is 9.73 Å². The molecule has 1 N–H and O–H groups in total. The zero-order valence-corrected chi connectivity index (χ0v) is 19.1. The molecule has 0 fully saturated rings. The van der Waals surface area contributed by atoms with Crippen LogP contribution in [0.15, 0.2) is 87.2 Å². The molecule has 0 saturated carbocycles. The minimum absolute atomic E-state index is 0.00184. The zero-order chi connectivity index (χ0) is 23.7. The molecule has 5 aromatic rings. The van der Waals surface area contributed by atoms with Gasteiger partial charge in [0.15, 0.2) is 5.16 Å². The largest absolute Gasteiger partial charge is 0.448 e. The first kappa shape index (κ1) is 21.9. The Hall–Kier alpha value is -3.91. The van der Waals surface area contributed by atoms with Gasteiger partial charge in [-0.1, -0.05) is 59.8 Å².